The van der Waals surface area contributed by atoms with Crippen LogP contribution in [-0.4, -0.2) is 22.3 Å². The van der Waals surface area contributed by atoms with E-state index in [1.165, 1.54) is 6.42 Å². The Morgan fingerprint density at radius 1 is 1.44 bits per heavy atom. The molecule has 0 amide bonds. The number of hydrogen-bond acceptors (Lipinski definition) is 4. The van der Waals surface area contributed by atoms with E-state index in [2.05, 4.69) is 43.0 Å². The Morgan fingerprint density at radius 2 is 2.19 bits per heavy atom. The minimum Gasteiger partial charge on any atom is -0.354 e. The summed E-state index contributed by atoms with van der Waals surface area (Å²) >= 11 is 1.83. The van der Waals surface area contributed by atoms with Crippen LogP contribution >= 0.6 is 11.8 Å². The number of nitrogens with one attached hydrogen (secondary N) is 1. The number of nitrogens with zero attached hydrogens (tertiary/aromatic N) is 2. The zero-order chi connectivity index (χ0) is 12.0. The summed E-state index contributed by atoms with van der Waals surface area (Å²) in [7, 11) is 0. The van der Waals surface area contributed by atoms with Gasteiger partial charge in [0.1, 0.15) is 5.03 Å². The second-order valence-corrected chi connectivity index (χ2v) is 5.05. The Kier molecular flexibility index (Phi) is 5.60. The number of aryl methyl sites for hydroxylation is 1. The molecule has 0 saturated carbocycles. The fourth-order valence-corrected chi connectivity index (χ4v) is 2.26. The van der Waals surface area contributed by atoms with Gasteiger partial charge in [0.25, 0.3) is 0 Å². The van der Waals surface area contributed by atoms with Gasteiger partial charge in [-0.1, -0.05) is 20.3 Å². The molecule has 0 aliphatic heterocycles. The quantitative estimate of drug-likeness (QED) is 0.610. The van der Waals surface area contributed by atoms with Gasteiger partial charge in [-0.15, -0.1) is 11.8 Å². The van der Waals surface area contributed by atoms with Crippen LogP contribution in [0.3, 0.4) is 0 Å². The Hall–Kier alpha value is -0.770. The van der Waals surface area contributed by atoms with E-state index >= 15 is 0 Å². The van der Waals surface area contributed by atoms with Gasteiger partial charge in [0.15, 0.2) is 0 Å². The highest BCUT2D eigenvalue weighted by Crippen LogP contribution is 2.23. The molecular formula is C12H21N3S. The molecule has 0 spiro atoms. The van der Waals surface area contributed by atoms with Crippen molar-refractivity contribution < 1.29 is 0 Å². The summed E-state index contributed by atoms with van der Waals surface area (Å²) < 4.78 is 0. The van der Waals surface area contributed by atoms with Crippen molar-refractivity contribution in [2.45, 2.75) is 39.1 Å². The smallest absolute Gasteiger partial charge is 0.223 e. The van der Waals surface area contributed by atoms with Crippen LogP contribution in [-0.2, 0) is 0 Å². The summed E-state index contributed by atoms with van der Waals surface area (Å²) in [5, 5.41) is 4.24. The van der Waals surface area contributed by atoms with Crippen molar-refractivity contribution in [2.75, 3.05) is 17.6 Å². The molecule has 1 rings (SSSR count). The zero-order valence-electron chi connectivity index (χ0n) is 10.6. The first-order valence-corrected chi connectivity index (χ1v) is 6.86. The first-order valence-electron chi connectivity index (χ1n) is 5.87. The minimum atomic E-state index is 0.736. The summed E-state index contributed by atoms with van der Waals surface area (Å²) in [5.74, 6) is 2.60. The molecule has 90 valence electrons. The molecule has 0 bridgehead atoms. The monoisotopic (exact) mass is 239 g/mol. The van der Waals surface area contributed by atoms with Crippen LogP contribution < -0.4 is 5.32 Å². The molecule has 0 aliphatic rings. The molecule has 1 N–H and O–H groups in total. The number of anilines is 1. The summed E-state index contributed by atoms with van der Waals surface area (Å²) in [5.41, 5.74) is 1.16. The molecule has 1 atom stereocenters. The first-order chi connectivity index (χ1) is 7.67. The SMILES string of the molecule is CCNc1ncc(C)c(SCC(C)CC)n1. The van der Waals surface area contributed by atoms with Gasteiger partial charge in [-0.3, -0.25) is 0 Å². The lowest BCUT2D eigenvalue weighted by molar-refractivity contribution is 0.636. The largest absolute Gasteiger partial charge is 0.354 e. The normalized spacial score (nSPS) is 12.5. The van der Waals surface area contributed by atoms with E-state index in [9.17, 15) is 0 Å². The molecule has 3 nitrogen and oxygen atoms in total. The molecular weight excluding hydrogens is 218 g/mol. The predicted molar refractivity (Wildman–Crippen MR) is 71.1 cm³/mol. The van der Waals surface area contributed by atoms with Crippen molar-refractivity contribution in [3.8, 4) is 0 Å². The van der Waals surface area contributed by atoms with Crippen LogP contribution in [0.25, 0.3) is 0 Å². The van der Waals surface area contributed by atoms with E-state index in [0.29, 0.717) is 0 Å². The van der Waals surface area contributed by atoms with Crippen molar-refractivity contribution in [3.63, 3.8) is 0 Å². The second kappa shape index (κ2) is 6.74. The lowest BCUT2D eigenvalue weighted by atomic mass is 10.2. The van der Waals surface area contributed by atoms with Crippen molar-refractivity contribution >= 4 is 17.7 Å². The van der Waals surface area contributed by atoms with Crippen LogP contribution in [0, 0.1) is 12.8 Å². The maximum Gasteiger partial charge on any atom is 0.223 e. The molecule has 1 heterocycles. The Labute approximate surface area is 102 Å². The molecule has 1 aromatic rings. The van der Waals surface area contributed by atoms with E-state index in [1.807, 2.05) is 18.0 Å². The maximum absolute atomic E-state index is 4.51. The molecule has 0 aliphatic carbocycles. The van der Waals surface area contributed by atoms with Crippen molar-refractivity contribution in [1.29, 1.82) is 0 Å². The summed E-state index contributed by atoms with van der Waals surface area (Å²) in [6.45, 7) is 9.47. The molecule has 0 saturated heterocycles. The van der Waals surface area contributed by atoms with Crippen molar-refractivity contribution in [1.82, 2.24) is 9.97 Å². The van der Waals surface area contributed by atoms with Crippen LogP contribution in [0.1, 0.15) is 32.8 Å². The standard InChI is InChI=1S/C12H21N3S/c1-5-9(3)8-16-11-10(4)7-14-12(15-11)13-6-2/h7,9H,5-6,8H2,1-4H3,(H,13,14,15). The Balaban J connectivity index is 2.66. The highest BCUT2D eigenvalue weighted by molar-refractivity contribution is 7.99. The molecule has 0 radical (unpaired) electrons. The number of hydrogen-bond donors (Lipinski definition) is 1. The summed E-state index contributed by atoms with van der Waals surface area (Å²) in [6, 6.07) is 0. The van der Waals surface area contributed by atoms with E-state index in [0.717, 1.165) is 34.8 Å². The third-order valence-electron chi connectivity index (χ3n) is 2.46. The van der Waals surface area contributed by atoms with Gasteiger partial charge < -0.3 is 5.32 Å². The molecule has 0 aromatic carbocycles. The molecule has 16 heavy (non-hydrogen) atoms. The van der Waals surface area contributed by atoms with Crippen molar-refractivity contribution in [2.24, 2.45) is 5.92 Å². The topological polar surface area (TPSA) is 37.8 Å². The summed E-state index contributed by atoms with van der Waals surface area (Å²) in [4.78, 5) is 8.75. The second-order valence-electron chi connectivity index (χ2n) is 4.04. The van der Waals surface area contributed by atoms with Gasteiger partial charge in [0.2, 0.25) is 5.95 Å². The van der Waals surface area contributed by atoms with Crippen LogP contribution in [0.4, 0.5) is 5.95 Å². The lowest BCUT2D eigenvalue weighted by Gasteiger charge is -2.10. The highest BCUT2D eigenvalue weighted by Gasteiger charge is 2.06. The van der Waals surface area contributed by atoms with E-state index in [1.54, 1.807) is 0 Å². The average molecular weight is 239 g/mol. The number of thioether (sulfide) groups is 1. The van der Waals surface area contributed by atoms with Gasteiger partial charge in [-0.2, -0.15) is 0 Å². The van der Waals surface area contributed by atoms with Crippen LogP contribution in [0.15, 0.2) is 11.2 Å². The minimum absolute atomic E-state index is 0.736. The van der Waals surface area contributed by atoms with E-state index in [4.69, 9.17) is 0 Å². The summed E-state index contributed by atoms with van der Waals surface area (Å²) in [6.07, 6.45) is 3.11. The first kappa shape index (κ1) is 13.3. The lowest BCUT2D eigenvalue weighted by Crippen LogP contribution is -2.04. The van der Waals surface area contributed by atoms with Gasteiger partial charge in [-0.05, 0) is 25.3 Å². The molecule has 4 heteroatoms. The fraction of sp³-hybridized carbons (Fsp3) is 0.667. The zero-order valence-corrected chi connectivity index (χ0v) is 11.4. The molecule has 1 unspecified atom stereocenters. The van der Waals surface area contributed by atoms with E-state index in [-0.39, 0.29) is 0 Å². The number of rotatable bonds is 6. The highest BCUT2D eigenvalue weighted by atomic mass is 32.2. The van der Waals surface area contributed by atoms with Crippen LogP contribution in [0.5, 0.6) is 0 Å². The van der Waals surface area contributed by atoms with Crippen LogP contribution in [0.2, 0.25) is 0 Å². The maximum atomic E-state index is 4.51. The van der Waals surface area contributed by atoms with Gasteiger partial charge in [-0.25, -0.2) is 9.97 Å². The Morgan fingerprint density at radius 3 is 2.81 bits per heavy atom. The van der Waals surface area contributed by atoms with E-state index < -0.39 is 0 Å². The van der Waals surface area contributed by atoms with Gasteiger partial charge in [0, 0.05) is 18.5 Å². The molecule has 1 aromatic heterocycles. The molecule has 0 fully saturated rings. The average Bonchev–Trinajstić information content (AvgIpc) is 2.29. The Bertz CT molecular complexity index is 328. The van der Waals surface area contributed by atoms with Crippen molar-refractivity contribution in [3.05, 3.63) is 11.8 Å². The number of aromatic nitrogens is 2. The fourth-order valence-electron chi connectivity index (χ4n) is 1.15. The third-order valence-corrected chi connectivity index (χ3v) is 3.88. The third kappa shape index (κ3) is 4.00. The van der Waals surface area contributed by atoms with Gasteiger partial charge >= 0.3 is 0 Å². The predicted octanol–water partition coefficient (Wildman–Crippen LogP) is 3.36. The van der Waals surface area contributed by atoms with Gasteiger partial charge in [0.05, 0.1) is 0 Å².